The van der Waals surface area contributed by atoms with E-state index in [1.54, 1.807) is 43.0 Å². The van der Waals surface area contributed by atoms with Gasteiger partial charge >= 0.3 is 5.97 Å². The van der Waals surface area contributed by atoms with E-state index in [0.717, 1.165) is 5.56 Å². The molecular weight excluding hydrogens is 418 g/mol. The van der Waals surface area contributed by atoms with Crippen LogP contribution in [0.1, 0.15) is 30.5 Å². The van der Waals surface area contributed by atoms with Crippen molar-refractivity contribution in [2.24, 2.45) is 11.1 Å². The van der Waals surface area contributed by atoms with Gasteiger partial charge in [-0.1, -0.05) is 36.4 Å². The Labute approximate surface area is 187 Å². The Morgan fingerprint density at radius 2 is 1.74 bits per heavy atom. The molecule has 0 saturated heterocycles. The Bertz CT molecular complexity index is 1030. The number of carbonyl (C=O) groups is 2. The standard InChI is InChI=1S/C23H25N3O4.ClH/c1-23(2,22(28)29)12-14-4-10-17(11-5-14)26-13-18(30-3)19(21(26)27)15-6-8-16(9-7-15)20(24)25;/h4-11H,12-13H2,1-3H3,(H3,24,25)(H,28,29);1H. The first-order chi connectivity index (χ1) is 14.1. The first-order valence-electron chi connectivity index (χ1n) is 9.50. The van der Waals surface area contributed by atoms with E-state index in [1.165, 1.54) is 7.11 Å². The van der Waals surface area contributed by atoms with Gasteiger partial charge < -0.3 is 20.5 Å². The first kappa shape index (κ1) is 24.0. The van der Waals surface area contributed by atoms with E-state index in [4.69, 9.17) is 15.9 Å². The number of anilines is 1. The fraction of sp³-hybridized carbons (Fsp3) is 0.261. The van der Waals surface area contributed by atoms with Gasteiger partial charge in [0.25, 0.3) is 5.91 Å². The maximum absolute atomic E-state index is 13.1. The molecule has 164 valence electrons. The number of nitrogen functional groups attached to an aromatic ring is 1. The fourth-order valence-corrected chi connectivity index (χ4v) is 3.40. The summed E-state index contributed by atoms with van der Waals surface area (Å²) >= 11 is 0. The molecule has 0 saturated carbocycles. The summed E-state index contributed by atoms with van der Waals surface area (Å²) in [6.07, 6.45) is 0.395. The zero-order valence-electron chi connectivity index (χ0n) is 17.6. The number of ether oxygens (including phenoxy) is 1. The van der Waals surface area contributed by atoms with Gasteiger partial charge in [-0.05, 0) is 43.5 Å². The largest absolute Gasteiger partial charge is 0.498 e. The zero-order valence-corrected chi connectivity index (χ0v) is 18.5. The summed E-state index contributed by atoms with van der Waals surface area (Å²) in [7, 11) is 1.53. The van der Waals surface area contributed by atoms with Gasteiger partial charge in [0.2, 0.25) is 0 Å². The monoisotopic (exact) mass is 443 g/mol. The summed E-state index contributed by atoms with van der Waals surface area (Å²) in [6.45, 7) is 3.68. The lowest BCUT2D eigenvalue weighted by atomic mass is 9.86. The highest BCUT2D eigenvalue weighted by Crippen LogP contribution is 2.33. The Balaban J connectivity index is 0.00000341. The van der Waals surface area contributed by atoms with Crippen molar-refractivity contribution in [2.45, 2.75) is 20.3 Å². The van der Waals surface area contributed by atoms with Crippen LogP contribution >= 0.6 is 12.4 Å². The summed E-state index contributed by atoms with van der Waals surface area (Å²) < 4.78 is 5.48. The van der Waals surface area contributed by atoms with Crippen molar-refractivity contribution in [2.75, 3.05) is 18.6 Å². The molecule has 0 aliphatic carbocycles. The van der Waals surface area contributed by atoms with Crippen molar-refractivity contribution in [1.82, 2.24) is 0 Å². The number of amides is 1. The molecule has 0 atom stereocenters. The van der Waals surface area contributed by atoms with Crippen molar-refractivity contribution in [3.8, 4) is 0 Å². The van der Waals surface area contributed by atoms with Crippen LogP contribution in [0.15, 0.2) is 54.3 Å². The molecule has 1 amide bonds. The zero-order chi connectivity index (χ0) is 22.1. The second-order valence-electron chi connectivity index (χ2n) is 7.92. The predicted molar refractivity (Wildman–Crippen MR) is 123 cm³/mol. The van der Waals surface area contributed by atoms with Crippen molar-refractivity contribution >= 4 is 41.4 Å². The number of rotatable bonds is 7. The van der Waals surface area contributed by atoms with Crippen LogP contribution in [0.25, 0.3) is 5.57 Å². The average Bonchev–Trinajstić information content (AvgIpc) is 3.04. The average molecular weight is 444 g/mol. The molecule has 2 aromatic rings. The molecule has 0 spiro atoms. The van der Waals surface area contributed by atoms with Crippen LogP contribution in [0, 0.1) is 10.8 Å². The van der Waals surface area contributed by atoms with E-state index in [-0.39, 0.29) is 24.1 Å². The van der Waals surface area contributed by atoms with Gasteiger partial charge in [-0.2, -0.15) is 0 Å². The van der Waals surface area contributed by atoms with Crippen molar-refractivity contribution < 1.29 is 19.4 Å². The number of methoxy groups -OCH3 is 1. The number of nitrogens with zero attached hydrogens (tertiary/aromatic N) is 1. The molecule has 1 aliphatic rings. The minimum Gasteiger partial charge on any atom is -0.498 e. The summed E-state index contributed by atoms with van der Waals surface area (Å²) in [5, 5.41) is 16.8. The van der Waals surface area contributed by atoms with Crippen molar-refractivity contribution in [1.29, 1.82) is 5.41 Å². The Morgan fingerprint density at radius 1 is 1.16 bits per heavy atom. The lowest BCUT2D eigenvalue weighted by molar-refractivity contribution is -0.146. The van der Waals surface area contributed by atoms with Gasteiger partial charge in [0.15, 0.2) is 0 Å². The minimum atomic E-state index is -0.866. The van der Waals surface area contributed by atoms with Crippen molar-refractivity contribution in [3.63, 3.8) is 0 Å². The highest BCUT2D eigenvalue weighted by atomic mass is 35.5. The molecule has 7 nitrogen and oxygen atoms in total. The van der Waals surface area contributed by atoms with Gasteiger partial charge in [0, 0.05) is 11.3 Å². The van der Waals surface area contributed by atoms with Gasteiger partial charge in [-0.25, -0.2) is 0 Å². The van der Waals surface area contributed by atoms with Crippen molar-refractivity contribution in [3.05, 3.63) is 71.0 Å². The molecule has 2 aromatic carbocycles. The fourth-order valence-electron chi connectivity index (χ4n) is 3.40. The molecule has 0 radical (unpaired) electrons. The predicted octanol–water partition coefficient (Wildman–Crippen LogP) is 3.45. The van der Waals surface area contributed by atoms with Crippen LogP contribution < -0.4 is 10.6 Å². The molecule has 31 heavy (non-hydrogen) atoms. The number of hydrogen-bond donors (Lipinski definition) is 3. The molecular formula is C23H26ClN3O4. The maximum atomic E-state index is 13.1. The summed E-state index contributed by atoms with van der Waals surface area (Å²) in [5.41, 5.74) is 7.99. The molecule has 0 unspecified atom stereocenters. The third-order valence-electron chi connectivity index (χ3n) is 5.24. The molecule has 0 aromatic heterocycles. The van der Waals surface area contributed by atoms with Gasteiger partial charge in [0.05, 0.1) is 24.6 Å². The number of carbonyl (C=O) groups excluding carboxylic acids is 1. The lowest BCUT2D eigenvalue weighted by Gasteiger charge is -2.20. The number of amidine groups is 1. The number of nitrogens with two attached hydrogens (primary N) is 1. The lowest BCUT2D eigenvalue weighted by Crippen LogP contribution is -2.27. The van der Waals surface area contributed by atoms with Crippen LogP contribution in [0.3, 0.4) is 0 Å². The highest BCUT2D eigenvalue weighted by Gasteiger charge is 2.33. The SMILES string of the molecule is COC1=C(c2ccc(C(=N)N)cc2)C(=O)N(c2ccc(CC(C)(C)C(=O)O)cc2)C1.Cl. The van der Waals surface area contributed by atoms with E-state index in [9.17, 15) is 14.7 Å². The van der Waals surface area contributed by atoms with Crippen LogP contribution in [0.2, 0.25) is 0 Å². The molecule has 1 heterocycles. The number of nitrogens with one attached hydrogen (secondary N) is 1. The Kier molecular flexibility index (Phi) is 7.13. The number of aliphatic carboxylic acids is 1. The third kappa shape index (κ3) is 4.88. The van der Waals surface area contributed by atoms with Crippen LogP contribution in [-0.4, -0.2) is 36.5 Å². The normalized spacial score (nSPS) is 13.8. The van der Waals surface area contributed by atoms with Gasteiger partial charge in [-0.3, -0.25) is 15.0 Å². The highest BCUT2D eigenvalue weighted by molar-refractivity contribution is 6.29. The summed E-state index contributed by atoms with van der Waals surface area (Å²) in [4.78, 5) is 26.1. The molecule has 1 aliphatic heterocycles. The number of halogens is 1. The number of carboxylic acid groups (broad SMARTS) is 1. The number of hydrogen-bond acceptors (Lipinski definition) is 4. The van der Waals surface area contributed by atoms with E-state index in [1.807, 2.05) is 24.3 Å². The van der Waals surface area contributed by atoms with E-state index >= 15 is 0 Å². The van der Waals surface area contributed by atoms with E-state index in [0.29, 0.717) is 41.1 Å². The maximum Gasteiger partial charge on any atom is 0.309 e. The van der Waals surface area contributed by atoms with Gasteiger partial charge in [0.1, 0.15) is 11.6 Å². The molecule has 0 fully saturated rings. The summed E-state index contributed by atoms with van der Waals surface area (Å²) in [5.74, 6) is -0.503. The van der Waals surface area contributed by atoms with Gasteiger partial charge in [-0.15, -0.1) is 12.4 Å². The third-order valence-corrected chi connectivity index (χ3v) is 5.24. The molecule has 8 heteroatoms. The van der Waals surface area contributed by atoms with Crippen LogP contribution in [0.4, 0.5) is 5.69 Å². The number of benzene rings is 2. The molecule has 4 N–H and O–H groups in total. The smallest absolute Gasteiger partial charge is 0.309 e. The van der Waals surface area contributed by atoms with E-state index < -0.39 is 11.4 Å². The summed E-state index contributed by atoms with van der Waals surface area (Å²) in [6, 6.07) is 14.2. The van der Waals surface area contributed by atoms with E-state index in [2.05, 4.69) is 0 Å². The molecule has 0 bridgehead atoms. The Hall–Kier alpha value is -3.32. The topological polar surface area (TPSA) is 117 Å². The van der Waals surface area contributed by atoms with Crippen LogP contribution in [-0.2, 0) is 20.7 Å². The quantitative estimate of drug-likeness (QED) is 0.447. The van der Waals surface area contributed by atoms with Crippen LogP contribution in [0.5, 0.6) is 0 Å². The second kappa shape index (κ2) is 9.22. The number of carboxylic acids is 1. The first-order valence-corrected chi connectivity index (χ1v) is 9.50. The second-order valence-corrected chi connectivity index (χ2v) is 7.92. The molecule has 3 rings (SSSR count). The minimum absolute atomic E-state index is 0. The Morgan fingerprint density at radius 3 is 2.23 bits per heavy atom.